The maximum Gasteiger partial charge on any atom is 0.228 e. The van der Waals surface area contributed by atoms with Crippen molar-refractivity contribution in [3.63, 3.8) is 0 Å². The Bertz CT molecular complexity index is 383. The normalized spacial score (nSPS) is 31.2. The molecule has 0 radical (unpaired) electrons. The van der Waals surface area contributed by atoms with Gasteiger partial charge >= 0.3 is 0 Å². The number of hydrogen-bond donors (Lipinski definition) is 1. The molecule has 3 atom stereocenters. The number of aliphatic hydroxyl groups is 1. The molecule has 0 aromatic carbocycles. The molecule has 114 valence electrons. The van der Waals surface area contributed by atoms with E-state index < -0.39 is 6.10 Å². The van der Waals surface area contributed by atoms with E-state index in [1.807, 2.05) is 6.92 Å². The number of carbonyl (C=O) groups excluding carboxylic acids is 2. The van der Waals surface area contributed by atoms with Gasteiger partial charge in [-0.1, -0.05) is 20.8 Å². The summed E-state index contributed by atoms with van der Waals surface area (Å²) < 4.78 is 0. The molecule has 2 aliphatic rings. The van der Waals surface area contributed by atoms with Gasteiger partial charge in [-0.3, -0.25) is 9.59 Å². The fourth-order valence-corrected chi connectivity index (χ4v) is 3.06. The van der Waals surface area contributed by atoms with E-state index in [9.17, 15) is 14.7 Å². The largest absolute Gasteiger partial charge is 0.391 e. The van der Waals surface area contributed by atoms with E-state index in [2.05, 4.69) is 13.8 Å². The molecule has 0 aromatic heterocycles. The number of likely N-dealkylation sites (tertiary alicyclic amines) is 2. The fraction of sp³-hybridized carbons (Fsp3) is 0.867. The monoisotopic (exact) mass is 282 g/mol. The van der Waals surface area contributed by atoms with Crippen LogP contribution in [0.4, 0.5) is 0 Å². The molecule has 20 heavy (non-hydrogen) atoms. The molecule has 0 saturated carbocycles. The minimum atomic E-state index is -0.434. The number of piperidine rings is 1. The Hall–Kier alpha value is -1.10. The number of aliphatic hydroxyl groups excluding tert-OH is 1. The van der Waals surface area contributed by atoms with Gasteiger partial charge in [-0.25, -0.2) is 0 Å². The van der Waals surface area contributed by atoms with E-state index in [1.54, 1.807) is 9.80 Å². The lowest BCUT2D eigenvalue weighted by atomic mass is 9.94. The summed E-state index contributed by atoms with van der Waals surface area (Å²) in [5.41, 5.74) is 0. The van der Waals surface area contributed by atoms with Crippen LogP contribution < -0.4 is 0 Å². The number of β-amino-alcohol motifs (C(OH)–C–C–N with tert-alkyl or cyclic N) is 1. The van der Waals surface area contributed by atoms with Gasteiger partial charge < -0.3 is 14.9 Å². The number of rotatable bonds is 3. The van der Waals surface area contributed by atoms with E-state index in [4.69, 9.17) is 0 Å². The predicted molar refractivity (Wildman–Crippen MR) is 75.9 cm³/mol. The smallest absolute Gasteiger partial charge is 0.228 e. The first kappa shape index (κ1) is 15.3. The number of carbonyl (C=O) groups is 2. The van der Waals surface area contributed by atoms with Crippen LogP contribution in [-0.4, -0.2) is 59.0 Å². The van der Waals surface area contributed by atoms with Crippen LogP contribution in [0.1, 0.15) is 33.6 Å². The standard InChI is InChI=1S/C15H26N2O3/c1-10(2)7-17-8-12(6-14(17)19)15(20)16-5-4-11(3)13(18)9-16/h10-13,18H,4-9H2,1-3H3. The van der Waals surface area contributed by atoms with Gasteiger partial charge in [0.1, 0.15) is 0 Å². The molecule has 2 amide bonds. The maximum atomic E-state index is 12.5. The fourth-order valence-electron chi connectivity index (χ4n) is 3.06. The third-order valence-electron chi connectivity index (χ3n) is 4.38. The second kappa shape index (κ2) is 6.12. The van der Waals surface area contributed by atoms with Crippen molar-refractivity contribution in [2.24, 2.45) is 17.8 Å². The lowest BCUT2D eigenvalue weighted by Crippen LogP contribution is -2.48. The summed E-state index contributed by atoms with van der Waals surface area (Å²) in [4.78, 5) is 27.9. The molecule has 0 spiro atoms. The Labute approximate surface area is 120 Å². The van der Waals surface area contributed by atoms with Gasteiger partial charge in [0.05, 0.1) is 12.0 Å². The summed E-state index contributed by atoms with van der Waals surface area (Å²) in [6.45, 7) is 8.53. The molecular weight excluding hydrogens is 256 g/mol. The van der Waals surface area contributed by atoms with Crippen molar-refractivity contribution in [1.29, 1.82) is 0 Å². The van der Waals surface area contributed by atoms with E-state index in [0.29, 0.717) is 32.0 Å². The average molecular weight is 282 g/mol. The highest BCUT2D eigenvalue weighted by molar-refractivity contribution is 5.89. The molecule has 2 fully saturated rings. The molecule has 5 heteroatoms. The van der Waals surface area contributed by atoms with Crippen LogP contribution in [0.25, 0.3) is 0 Å². The van der Waals surface area contributed by atoms with Crippen molar-refractivity contribution < 1.29 is 14.7 Å². The maximum absolute atomic E-state index is 12.5. The van der Waals surface area contributed by atoms with Crippen LogP contribution in [0.15, 0.2) is 0 Å². The Balaban J connectivity index is 1.92. The highest BCUT2D eigenvalue weighted by Gasteiger charge is 2.38. The summed E-state index contributed by atoms with van der Waals surface area (Å²) >= 11 is 0. The highest BCUT2D eigenvalue weighted by Crippen LogP contribution is 2.24. The van der Waals surface area contributed by atoms with E-state index in [0.717, 1.165) is 13.0 Å². The summed E-state index contributed by atoms with van der Waals surface area (Å²) in [6, 6.07) is 0. The predicted octanol–water partition coefficient (Wildman–Crippen LogP) is 0.720. The molecule has 2 heterocycles. The lowest BCUT2D eigenvalue weighted by molar-refractivity contribution is -0.139. The van der Waals surface area contributed by atoms with Gasteiger partial charge in [-0.15, -0.1) is 0 Å². The Kier molecular flexibility index (Phi) is 4.68. The highest BCUT2D eigenvalue weighted by atomic mass is 16.3. The molecule has 0 aromatic rings. The van der Waals surface area contributed by atoms with Gasteiger partial charge in [-0.2, -0.15) is 0 Å². The zero-order valence-corrected chi connectivity index (χ0v) is 12.7. The molecule has 2 rings (SSSR count). The second-order valence-electron chi connectivity index (χ2n) is 6.71. The molecule has 2 aliphatic heterocycles. The summed E-state index contributed by atoms with van der Waals surface area (Å²) in [6.07, 6.45) is 0.730. The van der Waals surface area contributed by atoms with Crippen molar-refractivity contribution in [2.45, 2.75) is 39.7 Å². The average Bonchev–Trinajstić information content (AvgIpc) is 2.73. The Morgan fingerprint density at radius 1 is 1.40 bits per heavy atom. The zero-order chi connectivity index (χ0) is 14.9. The molecule has 5 nitrogen and oxygen atoms in total. The van der Waals surface area contributed by atoms with Gasteiger partial charge in [0, 0.05) is 32.6 Å². The quantitative estimate of drug-likeness (QED) is 0.830. The molecular formula is C15H26N2O3. The molecule has 2 saturated heterocycles. The second-order valence-corrected chi connectivity index (χ2v) is 6.71. The van der Waals surface area contributed by atoms with Crippen molar-refractivity contribution in [2.75, 3.05) is 26.2 Å². The van der Waals surface area contributed by atoms with E-state index in [1.165, 1.54) is 0 Å². The van der Waals surface area contributed by atoms with Gasteiger partial charge in [0.2, 0.25) is 11.8 Å². The molecule has 1 N–H and O–H groups in total. The van der Waals surface area contributed by atoms with Crippen LogP contribution in [0, 0.1) is 17.8 Å². The van der Waals surface area contributed by atoms with E-state index in [-0.39, 0.29) is 23.7 Å². The number of nitrogens with zero attached hydrogens (tertiary/aromatic N) is 2. The Morgan fingerprint density at radius 3 is 2.70 bits per heavy atom. The topological polar surface area (TPSA) is 60.9 Å². The minimum absolute atomic E-state index is 0.0376. The van der Waals surface area contributed by atoms with Gasteiger partial charge in [0.25, 0.3) is 0 Å². The van der Waals surface area contributed by atoms with Crippen LogP contribution in [-0.2, 0) is 9.59 Å². The molecule has 0 bridgehead atoms. The number of hydrogen-bond acceptors (Lipinski definition) is 3. The van der Waals surface area contributed by atoms with Crippen LogP contribution >= 0.6 is 0 Å². The zero-order valence-electron chi connectivity index (χ0n) is 12.7. The van der Waals surface area contributed by atoms with Gasteiger partial charge in [0.15, 0.2) is 0 Å². The van der Waals surface area contributed by atoms with Crippen molar-refractivity contribution in [3.8, 4) is 0 Å². The third kappa shape index (κ3) is 3.32. The number of amides is 2. The van der Waals surface area contributed by atoms with Crippen LogP contribution in [0.3, 0.4) is 0 Å². The van der Waals surface area contributed by atoms with Crippen molar-refractivity contribution in [1.82, 2.24) is 9.80 Å². The summed E-state index contributed by atoms with van der Waals surface area (Å²) in [7, 11) is 0. The van der Waals surface area contributed by atoms with Crippen LogP contribution in [0.5, 0.6) is 0 Å². The first-order valence-corrected chi connectivity index (χ1v) is 7.63. The first-order chi connectivity index (χ1) is 9.38. The SMILES string of the molecule is CC(C)CN1CC(C(=O)N2CCC(C)C(O)C2)CC1=O. The Morgan fingerprint density at radius 2 is 2.10 bits per heavy atom. The first-order valence-electron chi connectivity index (χ1n) is 7.63. The molecule has 0 aliphatic carbocycles. The summed E-state index contributed by atoms with van der Waals surface area (Å²) in [5.74, 6) is 0.576. The van der Waals surface area contributed by atoms with Crippen LogP contribution in [0.2, 0.25) is 0 Å². The lowest BCUT2D eigenvalue weighted by Gasteiger charge is -2.35. The van der Waals surface area contributed by atoms with E-state index >= 15 is 0 Å². The minimum Gasteiger partial charge on any atom is -0.391 e. The third-order valence-corrected chi connectivity index (χ3v) is 4.38. The van der Waals surface area contributed by atoms with Crippen molar-refractivity contribution in [3.05, 3.63) is 0 Å². The molecule has 3 unspecified atom stereocenters. The van der Waals surface area contributed by atoms with Crippen molar-refractivity contribution >= 4 is 11.8 Å². The summed E-state index contributed by atoms with van der Waals surface area (Å²) in [5, 5.41) is 9.89. The van der Waals surface area contributed by atoms with Gasteiger partial charge in [-0.05, 0) is 18.3 Å².